The van der Waals surface area contributed by atoms with E-state index in [0.29, 0.717) is 0 Å². The highest BCUT2D eigenvalue weighted by Crippen LogP contribution is 2.41. The van der Waals surface area contributed by atoms with Crippen LogP contribution in [-0.4, -0.2) is 31.4 Å². The molecule has 0 aromatic carbocycles. The van der Waals surface area contributed by atoms with Gasteiger partial charge in [0.25, 0.3) is 6.43 Å². The maximum atomic E-state index is 12.5. The molecule has 1 saturated heterocycles. The molecular formula is C5H4F6O2. The molecule has 13 heavy (non-hydrogen) atoms. The van der Waals surface area contributed by atoms with Crippen molar-refractivity contribution in [2.24, 2.45) is 0 Å². The number of rotatable bonds is 1. The highest BCUT2D eigenvalue weighted by molar-refractivity contribution is 4.77. The first-order chi connectivity index (χ1) is 5.76. The average Bonchev–Trinajstić information content (AvgIpc) is 2.31. The minimum absolute atomic E-state index is 1.12. The van der Waals surface area contributed by atoms with Gasteiger partial charge in [-0.15, -0.1) is 0 Å². The van der Waals surface area contributed by atoms with Crippen LogP contribution in [0.15, 0.2) is 0 Å². The summed E-state index contributed by atoms with van der Waals surface area (Å²) in [7, 11) is 0. The van der Waals surface area contributed by atoms with E-state index < -0.39 is 31.4 Å². The topological polar surface area (TPSA) is 18.5 Å². The highest BCUT2D eigenvalue weighted by Gasteiger charge is 2.65. The second kappa shape index (κ2) is 3.02. The van der Waals surface area contributed by atoms with Crippen LogP contribution in [0.1, 0.15) is 0 Å². The third kappa shape index (κ3) is 1.88. The first kappa shape index (κ1) is 10.6. The van der Waals surface area contributed by atoms with Gasteiger partial charge in [0.15, 0.2) is 0 Å². The van der Waals surface area contributed by atoms with Crippen LogP contribution >= 0.6 is 0 Å². The molecule has 2 atom stereocenters. The quantitative estimate of drug-likeness (QED) is 0.615. The maximum Gasteiger partial charge on any atom is 0.478 e. The molecule has 0 saturated carbocycles. The smallest absolute Gasteiger partial charge is 0.314 e. The predicted molar refractivity (Wildman–Crippen MR) is 26.7 cm³/mol. The molecule has 78 valence electrons. The third-order valence-electron chi connectivity index (χ3n) is 1.36. The van der Waals surface area contributed by atoms with Gasteiger partial charge in [-0.2, -0.15) is 17.6 Å². The Morgan fingerprint density at radius 1 is 1.31 bits per heavy atom. The average molecular weight is 210 g/mol. The SMILES string of the molecule is FC(F)C1COC(F)(C(F)(F)F)O1. The van der Waals surface area contributed by atoms with Gasteiger partial charge < -0.3 is 9.47 Å². The summed E-state index contributed by atoms with van der Waals surface area (Å²) in [4.78, 5) is 0. The maximum absolute atomic E-state index is 12.5. The number of ether oxygens (including phenoxy) is 2. The molecule has 2 nitrogen and oxygen atoms in total. The summed E-state index contributed by atoms with van der Waals surface area (Å²) in [5.74, 6) is 0. The Bertz CT molecular complexity index is 192. The minimum atomic E-state index is -5.46. The van der Waals surface area contributed by atoms with Gasteiger partial charge in [0, 0.05) is 0 Å². The van der Waals surface area contributed by atoms with E-state index in [9.17, 15) is 26.3 Å². The normalized spacial score (nSPS) is 35.8. The molecule has 1 aliphatic heterocycles. The van der Waals surface area contributed by atoms with Crippen molar-refractivity contribution < 1.29 is 35.8 Å². The first-order valence-electron chi connectivity index (χ1n) is 3.12. The summed E-state index contributed by atoms with van der Waals surface area (Å²) in [5, 5.41) is 0. The molecule has 1 rings (SSSR count). The predicted octanol–water partition coefficient (Wildman–Crippen LogP) is 1.85. The molecule has 1 fully saturated rings. The number of hydrogen-bond donors (Lipinski definition) is 0. The number of hydrogen-bond acceptors (Lipinski definition) is 2. The van der Waals surface area contributed by atoms with Crippen molar-refractivity contribution in [2.75, 3.05) is 6.61 Å². The lowest BCUT2D eigenvalue weighted by Gasteiger charge is -2.20. The Hall–Kier alpha value is -0.500. The monoisotopic (exact) mass is 210 g/mol. The fourth-order valence-electron chi connectivity index (χ4n) is 0.725. The third-order valence-corrected chi connectivity index (χ3v) is 1.36. The van der Waals surface area contributed by atoms with Crippen molar-refractivity contribution >= 4 is 0 Å². The molecule has 0 bridgehead atoms. The van der Waals surface area contributed by atoms with Gasteiger partial charge >= 0.3 is 12.2 Å². The summed E-state index contributed by atoms with van der Waals surface area (Å²) in [6.07, 6.45) is -10.8. The second-order valence-electron chi connectivity index (χ2n) is 2.34. The molecule has 0 aromatic heterocycles. The molecule has 0 aromatic rings. The molecule has 0 amide bonds. The molecule has 8 heteroatoms. The fourth-order valence-corrected chi connectivity index (χ4v) is 0.725. The van der Waals surface area contributed by atoms with E-state index in [1.807, 2.05) is 0 Å². The lowest BCUT2D eigenvalue weighted by molar-refractivity contribution is -0.409. The van der Waals surface area contributed by atoms with Crippen LogP contribution in [0.5, 0.6) is 0 Å². The van der Waals surface area contributed by atoms with E-state index in [0.717, 1.165) is 0 Å². The molecule has 1 heterocycles. The zero-order valence-electron chi connectivity index (χ0n) is 5.95. The van der Waals surface area contributed by atoms with E-state index in [2.05, 4.69) is 9.47 Å². The van der Waals surface area contributed by atoms with Crippen LogP contribution in [0.2, 0.25) is 0 Å². The van der Waals surface area contributed by atoms with Crippen LogP contribution in [0.4, 0.5) is 26.3 Å². The van der Waals surface area contributed by atoms with Gasteiger partial charge in [0.1, 0.15) is 6.10 Å². The lowest BCUT2D eigenvalue weighted by atomic mass is 10.4. The minimum Gasteiger partial charge on any atom is -0.314 e. The Morgan fingerprint density at radius 2 is 1.85 bits per heavy atom. The van der Waals surface area contributed by atoms with Crippen molar-refractivity contribution in [1.82, 2.24) is 0 Å². The van der Waals surface area contributed by atoms with Crippen LogP contribution in [0.3, 0.4) is 0 Å². The van der Waals surface area contributed by atoms with Crippen molar-refractivity contribution in [2.45, 2.75) is 24.7 Å². The van der Waals surface area contributed by atoms with Gasteiger partial charge in [-0.1, -0.05) is 0 Å². The number of halogens is 6. The number of alkyl halides is 6. The summed E-state index contributed by atoms with van der Waals surface area (Å²) in [6.45, 7) is -1.12. The standard InChI is InChI=1S/C5H4F6O2/c6-3(7)2-1-12-5(11,13-2)4(8,9)10/h2-3H,1H2. The Morgan fingerprint density at radius 3 is 2.08 bits per heavy atom. The van der Waals surface area contributed by atoms with Gasteiger partial charge in [0.05, 0.1) is 6.61 Å². The van der Waals surface area contributed by atoms with Gasteiger partial charge in [-0.05, 0) is 0 Å². The summed E-state index contributed by atoms with van der Waals surface area (Å²) in [5.41, 5.74) is 0. The Balaban J connectivity index is 2.67. The van der Waals surface area contributed by atoms with E-state index in [1.165, 1.54) is 0 Å². The molecule has 0 aliphatic carbocycles. The zero-order chi connectivity index (χ0) is 10.3. The van der Waals surface area contributed by atoms with E-state index in [1.54, 1.807) is 0 Å². The summed E-state index contributed by atoms with van der Waals surface area (Å²) in [6, 6.07) is -4.39. The molecule has 1 aliphatic rings. The summed E-state index contributed by atoms with van der Waals surface area (Å²) >= 11 is 0. The molecule has 0 radical (unpaired) electrons. The fraction of sp³-hybridized carbons (Fsp3) is 1.00. The van der Waals surface area contributed by atoms with Crippen molar-refractivity contribution in [3.8, 4) is 0 Å². The van der Waals surface area contributed by atoms with Crippen molar-refractivity contribution in [1.29, 1.82) is 0 Å². The van der Waals surface area contributed by atoms with Crippen molar-refractivity contribution in [3.05, 3.63) is 0 Å². The van der Waals surface area contributed by atoms with Crippen molar-refractivity contribution in [3.63, 3.8) is 0 Å². The first-order valence-corrected chi connectivity index (χ1v) is 3.12. The van der Waals surface area contributed by atoms with Crippen LogP contribution in [0, 0.1) is 0 Å². The molecule has 2 unspecified atom stereocenters. The lowest BCUT2D eigenvalue weighted by Crippen LogP contribution is -2.42. The largest absolute Gasteiger partial charge is 0.478 e. The Kier molecular flexibility index (Phi) is 2.46. The van der Waals surface area contributed by atoms with Crippen LogP contribution in [0.25, 0.3) is 0 Å². The molecular weight excluding hydrogens is 206 g/mol. The van der Waals surface area contributed by atoms with Gasteiger partial charge in [-0.3, -0.25) is 0 Å². The highest BCUT2D eigenvalue weighted by atomic mass is 19.4. The van der Waals surface area contributed by atoms with Gasteiger partial charge in [-0.25, -0.2) is 8.78 Å². The molecule has 0 spiro atoms. The second-order valence-corrected chi connectivity index (χ2v) is 2.34. The molecule has 0 N–H and O–H groups in total. The van der Waals surface area contributed by atoms with Crippen LogP contribution < -0.4 is 0 Å². The zero-order valence-corrected chi connectivity index (χ0v) is 5.95. The van der Waals surface area contributed by atoms with E-state index in [-0.39, 0.29) is 0 Å². The Labute approximate surface area is 68.4 Å². The van der Waals surface area contributed by atoms with Gasteiger partial charge in [0.2, 0.25) is 0 Å². The van der Waals surface area contributed by atoms with E-state index >= 15 is 0 Å². The van der Waals surface area contributed by atoms with E-state index in [4.69, 9.17) is 0 Å². The summed E-state index contributed by atoms with van der Waals surface area (Å²) < 4.78 is 78.0. The van der Waals surface area contributed by atoms with Crippen LogP contribution in [-0.2, 0) is 9.47 Å².